The van der Waals surface area contributed by atoms with Crippen molar-refractivity contribution in [3.05, 3.63) is 65.5 Å². The molecule has 1 fully saturated rings. The highest BCUT2D eigenvalue weighted by Crippen LogP contribution is 2.40. The van der Waals surface area contributed by atoms with Crippen molar-refractivity contribution in [1.82, 2.24) is 0 Å². The van der Waals surface area contributed by atoms with E-state index in [1.165, 1.54) is 30.3 Å². The molecule has 0 saturated carbocycles. The van der Waals surface area contributed by atoms with Gasteiger partial charge in [0.1, 0.15) is 11.9 Å². The van der Waals surface area contributed by atoms with E-state index >= 15 is 0 Å². The third-order valence-corrected chi connectivity index (χ3v) is 3.82. The van der Waals surface area contributed by atoms with Crippen molar-refractivity contribution in [2.45, 2.75) is 18.3 Å². The van der Waals surface area contributed by atoms with Gasteiger partial charge in [-0.2, -0.15) is 13.2 Å². The maximum atomic E-state index is 13.9. The van der Waals surface area contributed by atoms with E-state index in [-0.39, 0.29) is 11.3 Å². The van der Waals surface area contributed by atoms with Crippen LogP contribution in [0.4, 0.5) is 23.2 Å². The topological polar surface area (TPSA) is 46.3 Å². The Morgan fingerprint density at radius 2 is 1.74 bits per heavy atom. The summed E-state index contributed by atoms with van der Waals surface area (Å²) in [6.07, 6.45) is -4.53. The Bertz CT molecular complexity index is 760. The molecule has 0 radical (unpaired) electrons. The number of amides is 1. The Balaban J connectivity index is 2.02. The van der Waals surface area contributed by atoms with E-state index in [1.807, 2.05) is 0 Å². The summed E-state index contributed by atoms with van der Waals surface area (Å²) in [5.74, 6) is -1.10. The second kappa shape index (κ2) is 5.34. The summed E-state index contributed by atoms with van der Waals surface area (Å²) >= 11 is 0. The van der Waals surface area contributed by atoms with Gasteiger partial charge in [-0.15, -0.1) is 0 Å². The first kappa shape index (κ1) is 15.5. The van der Waals surface area contributed by atoms with Crippen molar-refractivity contribution in [1.29, 1.82) is 0 Å². The number of nitrogens with two attached hydrogens (primary N) is 1. The van der Waals surface area contributed by atoms with Gasteiger partial charge in [-0.3, -0.25) is 4.79 Å². The first-order valence-corrected chi connectivity index (χ1v) is 6.81. The molecule has 2 aromatic rings. The number of carbonyl (C=O) groups excluding carboxylic acids is 1. The maximum Gasteiger partial charge on any atom is 0.416 e. The van der Waals surface area contributed by atoms with Crippen LogP contribution in [0, 0.1) is 5.82 Å². The molecule has 120 valence electrons. The summed E-state index contributed by atoms with van der Waals surface area (Å²) in [4.78, 5) is 13.1. The molecule has 23 heavy (non-hydrogen) atoms. The molecular weight excluding hydrogens is 312 g/mol. The second-order valence-electron chi connectivity index (χ2n) is 5.25. The first-order chi connectivity index (χ1) is 10.8. The number of nitrogens with zero attached hydrogens (tertiary/aromatic N) is 1. The lowest BCUT2D eigenvalue weighted by Crippen LogP contribution is -2.63. The van der Waals surface area contributed by atoms with Crippen LogP contribution in [-0.4, -0.2) is 11.9 Å². The van der Waals surface area contributed by atoms with Crippen LogP contribution in [0.3, 0.4) is 0 Å². The first-order valence-electron chi connectivity index (χ1n) is 6.81. The molecule has 7 heteroatoms. The molecule has 0 aromatic heterocycles. The van der Waals surface area contributed by atoms with Gasteiger partial charge >= 0.3 is 6.18 Å². The standard InChI is InChI=1S/C16H12F4N2O/c17-12-7-2-1-6-11(12)14-13(21)15(23)22(14)10-5-3-4-9(8-10)16(18,19)20/h1-8,13-14H,21H2/t13-,14-/m0/s1. The number of β-lactam (4-membered cyclic amide) rings is 1. The van der Waals surface area contributed by atoms with Gasteiger partial charge in [0.15, 0.2) is 0 Å². The van der Waals surface area contributed by atoms with Crippen molar-refractivity contribution < 1.29 is 22.4 Å². The quantitative estimate of drug-likeness (QED) is 0.681. The predicted octanol–water partition coefficient (Wildman–Crippen LogP) is 3.26. The number of hydrogen-bond donors (Lipinski definition) is 1. The highest BCUT2D eigenvalue weighted by molar-refractivity contribution is 6.05. The van der Waals surface area contributed by atoms with Crippen LogP contribution in [0.5, 0.6) is 0 Å². The molecule has 1 heterocycles. The molecule has 3 nitrogen and oxygen atoms in total. The largest absolute Gasteiger partial charge is 0.416 e. The van der Waals surface area contributed by atoms with Crippen LogP contribution in [0.25, 0.3) is 0 Å². The van der Waals surface area contributed by atoms with Crippen molar-refractivity contribution in [2.75, 3.05) is 4.90 Å². The van der Waals surface area contributed by atoms with Crippen LogP contribution in [-0.2, 0) is 11.0 Å². The van der Waals surface area contributed by atoms with Crippen LogP contribution in [0.15, 0.2) is 48.5 Å². The van der Waals surface area contributed by atoms with Gasteiger partial charge in [0.25, 0.3) is 0 Å². The van der Waals surface area contributed by atoms with E-state index in [9.17, 15) is 22.4 Å². The predicted molar refractivity (Wildman–Crippen MR) is 76.0 cm³/mol. The Kier molecular flexibility index (Phi) is 3.60. The zero-order chi connectivity index (χ0) is 16.8. The number of hydrogen-bond acceptors (Lipinski definition) is 2. The number of alkyl halides is 3. The number of benzene rings is 2. The monoisotopic (exact) mass is 324 g/mol. The van der Waals surface area contributed by atoms with Crippen molar-refractivity contribution in [2.24, 2.45) is 5.73 Å². The summed E-state index contributed by atoms with van der Waals surface area (Å²) < 4.78 is 52.4. The lowest BCUT2D eigenvalue weighted by Gasteiger charge is -2.45. The highest BCUT2D eigenvalue weighted by Gasteiger charge is 2.48. The number of anilines is 1. The summed E-state index contributed by atoms with van der Waals surface area (Å²) in [7, 11) is 0. The molecule has 1 aliphatic rings. The minimum absolute atomic E-state index is 0.0415. The number of carbonyl (C=O) groups is 1. The lowest BCUT2D eigenvalue weighted by atomic mass is 9.88. The summed E-state index contributed by atoms with van der Waals surface area (Å²) in [6, 6.07) is 8.28. The van der Waals surface area contributed by atoms with E-state index in [4.69, 9.17) is 5.73 Å². The van der Waals surface area contributed by atoms with E-state index in [1.54, 1.807) is 6.07 Å². The Labute approximate surface area is 129 Å². The average Bonchev–Trinajstić information content (AvgIpc) is 2.52. The lowest BCUT2D eigenvalue weighted by molar-refractivity contribution is -0.137. The number of halogens is 4. The molecule has 1 saturated heterocycles. The summed E-state index contributed by atoms with van der Waals surface area (Å²) in [5.41, 5.74) is 5.08. The van der Waals surface area contributed by atoms with Crippen molar-refractivity contribution >= 4 is 11.6 Å². The fourth-order valence-corrected chi connectivity index (χ4v) is 2.68. The Hall–Kier alpha value is -2.41. The molecule has 0 spiro atoms. The fourth-order valence-electron chi connectivity index (χ4n) is 2.68. The zero-order valence-electron chi connectivity index (χ0n) is 11.7. The van der Waals surface area contributed by atoms with Crippen LogP contribution < -0.4 is 10.6 Å². The molecule has 0 aliphatic carbocycles. The fraction of sp³-hybridized carbons (Fsp3) is 0.188. The molecular formula is C16H12F4N2O. The van der Waals surface area contributed by atoms with E-state index in [0.29, 0.717) is 0 Å². The maximum absolute atomic E-state index is 13.9. The minimum atomic E-state index is -4.53. The molecule has 2 N–H and O–H groups in total. The van der Waals surface area contributed by atoms with Gasteiger partial charge < -0.3 is 10.6 Å². The molecule has 3 rings (SSSR count). The molecule has 0 unspecified atom stereocenters. The molecule has 2 aromatic carbocycles. The third-order valence-electron chi connectivity index (χ3n) is 3.82. The van der Waals surface area contributed by atoms with Gasteiger partial charge in [0, 0.05) is 11.3 Å². The van der Waals surface area contributed by atoms with Crippen molar-refractivity contribution in [3.8, 4) is 0 Å². The van der Waals surface area contributed by atoms with E-state index in [2.05, 4.69) is 0 Å². The Morgan fingerprint density at radius 1 is 1.04 bits per heavy atom. The normalized spacial score (nSPS) is 21.3. The molecule has 1 amide bonds. The van der Waals surface area contributed by atoms with Crippen LogP contribution in [0.2, 0.25) is 0 Å². The second-order valence-corrected chi connectivity index (χ2v) is 5.25. The third kappa shape index (κ3) is 2.57. The Morgan fingerprint density at radius 3 is 2.39 bits per heavy atom. The van der Waals surface area contributed by atoms with Gasteiger partial charge in [-0.05, 0) is 24.3 Å². The van der Waals surface area contributed by atoms with Gasteiger partial charge in [-0.25, -0.2) is 4.39 Å². The van der Waals surface area contributed by atoms with E-state index < -0.39 is 35.5 Å². The SMILES string of the molecule is N[C@@H]1C(=O)N(c2cccc(C(F)(F)F)c2)[C@H]1c1ccccc1F. The summed E-state index contributed by atoms with van der Waals surface area (Å²) in [5, 5.41) is 0. The average molecular weight is 324 g/mol. The smallest absolute Gasteiger partial charge is 0.318 e. The van der Waals surface area contributed by atoms with Gasteiger partial charge in [0.05, 0.1) is 11.6 Å². The highest BCUT2D eigenvalue weighted by atomic mass is 19.4. The summed E-state index contributed by atoms with van der Waals surface area (Å²) in [6.45, 7) is 0. The number of rotatable bonds is 2. The minimum Gasteiger partial charge on any atom is -0.318 e. The zero-order valence-corrected chi connectivity index (χ0v) is 11.7. The van der Waals surface area contributed by atoms with Gasteiger partial charge in [0.2, 0.25) is 5.91 Å². The van der Waals surface area contributed by atoms with Crippen LogP contribution >= 0.6 is 0 Å². The van der Waals surface area contributed by atoms with Gasteiger partial charge in [-0.1, -0.05) is 24.3 Å². The molecule has 0 bridgehead atoms. The molecule has 2 atom stereocenters. The van der Waals surface area contributed by atoms with Crippen molar-refractivity contribution in [3.63, 3.8) is 0 Å². The van der Waals surface area contributed by atoms with Crippen LogP contribution in [0.1, 0.15) is 17.2 Å². The molecule has 1 aliphatic heterocycles. The van der Waals surface area contributed by atoms with E-state index in [0.717, 1.165) is 17.0 Å².